The van der Waals surface area contributed by atoms with Gasteiger partial charge < -0.3 is 11.1 Å². The lowest BCUT2D eigenvalue weighted by atomic mass is 10.2. The Balaban J connectivity index is 1.95. The topological polar surface area (TPSA) is 58.4 Å². The number of anilines is 2. The summed E-state index contributed by atoms with van der Waals surface area (Å²) in [5.74, 6) is -0.178. The van der Waals surface area contributed by atoms with Gasteiger partial charge in [0.2, 0.25) is 5.91 Å². The van der Waals surface area contributed by atoms with E-state index in [-0.39, 0.29) is 12.5 Å². The van der Waals surface area contributed by atoms with Crippen LogP contribution in [-0.4, -0.2) is 24.4 Å². The predicted octanol–water partition coefficient (Wildman–Crippen LogP) is 3.71. The van der Waals surface area contributed by atoms with E-state index in [4.69, 9.17) is 28.9 Å². The third-order valence-corrected chi connectivity index (χ3v) is 4.21. The van der Waals surface area contributed by atoms with Crippen molar-refractivity contribution in [3.05, 3.63) is 44.6 Å². The molecule has 0 fully saturated rings. The molecule has 1 amide bonds. The number of nitrogens with zero attached hydrogens (tertiary/aromatic N) is 1. The number of thiophene rings is 1. The SMILES string of the molecule is CN(CC(=O)Nc1c(Cl)cc(N)cc1Cl)Cc1cccs1. The summed E-state index contributed by atoms with van der Waals surface area (Å²) < 4.78 is 0. The third kappa shape index (κ3) is 4.61. The average Bonchev–Trinajstić information content (AvgIpc) is 2.86. The van der Waals surface area contributed by atoms with Gasteiger partial charge in [-0.15, -0.1) is 11.3 Å². The van der Waals surface area contributed by atoms with Gasteiger partial charge in [-0.3, -0.25) is 9.69 Å². The molecule has 0 atom stereocenters. The second-order valence-electron chi connectivity index (χ2n) is 4.66. The van der Waals surface area contributed by atoms with Crippen molar-refractivity contribution in [1.82, 2.24) is 4.90 Å². The minimum atomic E-state index is -0.178. The first-order valence-electron chi connectivity index (χ1n) is 6.21. The predicted molar refractivity (Wildman–Crippen MR) is 90.2 cm³/mol. The molecule has 1 aromatic carbocycles. The molecule has 3 N–H and O–H groups in total. The van der Waals surface area contributed by atoms with Gasteiger partial charge in [-0.1, -0.05) is 29.3 Å². The van der Waals surface area contributed by atoms with Crippen LogP contribution in [0.25, 0.3) is 0 Å². The molecule has 21 heavy (non-hydrogen) atoms. The maximum atomic E-state index is 12.0. The smallest absolute Gasteiger partial charge is 0.238 e. The molecule has 2 rings (SSSR count). The molecule has 1 aromatic heterocycles. The maximum Gasteiger partial charge on any atom is 0.238 e. The number of rotatable bonds is 5. The molecule has 112 valence electrons. The average molecular weight is 344 g/mol. The van der Waals surface area contributed by atoms with Crippen LogP contribution in [-0.2, 0) is 11.3 Å². The Morgan fingerprint density at radius 3 is 2.62 bits per heavy atom. The number of hydrogen-bond acceptors (Lipinski definition) is 4. The van der Waals surface area contributed by atoms with Crippen molar-refractivity contribution >= 4 is 51.8 Å². The zero-order valence-corrected chi connectivity index (χ0v) is 13.7. The number of nitrogens with one attached hydrogen (secondary N) is 1. The second-order valence-corrected chi connectivity index (χ2v) is 6.51. The molecule has 0 spiro atoms. The summed E-state index contributed by atoms with van der Waals surface area (Å²) in [5.41, 5.74) is 6.47. The number of amides is 1. The number of carbonyl (C=O) groups excluding carboxylic acids is 1. The molecule has 0 saturated heterocycles. The summed E-state index contributed by atoms with van der Waals surface area (Å²) in [6.07, 6.45) is 0. The molecule has 0 aliphatic heterocycles. The molecule has 0 aliphatic carbocycles. The fourth-order valence-electron chi connectivity index (χ4n) is 1.86. The second kappa shape index (κ2) is 7.13. The number of halogens is 2. The van der Waals surface area contributed by atoms with Crippen LogP contribution in [0.2, 0.25) is 10.0 Å². The molecule has 0 aliphatic rings. The first kappa shape index (κ1) is 16.1. The van der Waals surface area contributed by atoms with Crippen LogP contribution in [0.5, 0.6) is 0 Å². The highest BCUT2D eigenvalue weighted by Gasteiger charge is 2.13. The van der Waals surface area contributed by atoms with Crippen molar-refractivity contribution < 1.29 is 4.79 Å². The summed E-state index contributed by atoms with van der Waals surface area (Å²) in [5, 5.41) is 5.39. The molecule has 4 nitrogen and oxygen atoms in total. The Bertz CT molecular complexity index is 608. The van der Waals surface area contributed by atoms with Crippen molar-refractivity contribution in [2.24, 2.45) is 0 Å². The van der Waals surface area contributed by atoms with Gasteiger partial charge in [-0.25, -0.2) is 0 Å². The van der Waals surface area contributed by atoms with Crippen LogP contribution in [0.3, 0.4) is 0 Å². The highest BCUT2D eigenvalue weighted by atomic mass is 35.5. The Morgan fingerprint density at radius 1 is 1.38 bits per heavy atom. The zero-order valence-electron chi connectivity index (χ0n) is 11.4. The summed E-state index contributed by atoms with van der Waals surface area (Å²) in [4.78, 5) is 15.2. The van der Waals surface area contributed by atoms with Crippen LogP contribution in [0.1, 0.15) is 4.88 Å². The fraction of sp³-hybridized carbons (Fsp3) is 0.214. The van der Waals surface area contributed by atoms with Crippen molar-refractivity contribution in [1.29, 1.82) is 0 Å². The number of hydrogen-bond donors (Lipinski definition) is 2. The lowest BCUT2D eigenvalue weighted by molar-refractivity contribution is -0.117. The van der Waals surface area contributed by atoms with Crippen molar-refractivity contribution in [3.8, 4) is 0 Å². The van der Waals surface area contributed by atoms with Gasteiger partial charge in [0, 0.05) is 17.1 Å². The third-order valence-electron chi connectivity index (χ3n) is 2.75. The maximum absolute atomic E-state index is 12.0. The summed E-state index contributed by atoms with van der Waals surface area (Å²) in [7, 11) is 1.88. The first-order valence-corrected chi connectivity index (χ1v) is 7.84. The molecule has 7 heteroatoms. The number of nitrogen functional groups attached to an aromatic ring is 1. The number of carbonyl (C=O) groups is 1. The molecule has 0 unspecified atom stereocenters. The molecule has 0 saturated carbocycles. The van der Waals surface area contributed by atoms with E-state index < -0.39 is 0 Å². The fourth-order valence-corrected chi connectivity index (χ4v) is 3.24. The highest BCUT2D eigenvalue weighted by molar-refractivity contribution is 7.09. The van der Waals surface area contributed by atoms with Crippen molar-refractivity contribution in [2.45, 2.75) is 6.54 Å². The van der Waals surface area contributed by atoms with Crippen molar-refractivity contribution in [2.75, 3.05) is 24.6 Å². The van der Waals surface area contributed by atoms with Crippen LogP contribution >= 0.6 is 34.5 Å². The van der Waals surface area contributed by atoms with Gasteiger partial charge >= 0.3 is 0 Å². The van der Waals surface area contributed by atoms with Crippen LogP contribution in [0, 0.1) is 0 Å². The Hall–Kier alpha value is -1.27. The lowest BCUT2D eigenvalue weighted by Gasteiger charge is -2.16. The normalized spacial score (nSPS) is 10.9. The highest BCUT2D eigenvalue weighted by Crippen LogP contribution is 2.32. The van der Waals surface area contributed by atoms with E-state index in [9.17, 15) is 4.79 Å². The van der Waals surface area contributed by atoms with Crippen LogP contribution < -0.4 is 11.1 Å². The van der Waals surface area contributed by atoms with Gasteiger partial charge in [-0.05, 0) is 30.6 Å². The molecular formula is C14H15Cl2N3OS. The number of benzene rings is 1. The summed E-state index contributed by atoms with van der Waals surface area (Å²) >= 11 is 13.7. The Labute approximate surface area is 137 Å². The first-order chi connectivity index (χ1) is 9.95. The van der Waals surface area contributed by atoms with Gasteiger partial charge in [-0.2, -0.15) is 0 Å². The quantitative estimate of drug-likeness (QED) is 0.813. The van der Waals surface area contributed by atoms with Gasteiger partial charge in [0.1, 0.15) is 0 Å². The van der Waals surface area contributed by atoms with Gasteiger partial charge in [0.15, 0.2) is 0 Å². The monoisotopic (exact) mass is 343 g/mol. The number of nitrogens with two attached hydrogens (primary N) is 1. The minimum Gasteiger partial charge on any atom is -0.399 e. The van der Waals surface area contributed by atoms with Crippen LogP contribution in [0.15, 0.2) is 29.6 Å². The van der Waals surface area contributed by atoms with Gasteiger partial charge in [0.05, 0.1) is 22.3 Å². The van der Waals surface area contributed by atoms with E-state index in [1.807, 2.05) is 29.5 Å². The minimum absolute atomic E-state index is 0.178. The van der Waals surface area contributed by atoms with E-state index in [2.05, 4.69) is 5.32 Å². The molecular weight excluding hydrogens is 329 g/mol. The summed E-state index contributed by atoms with van der Waals surface area (Å²) in [6, 6.07) is 7.13. The zero-order chi connectivity index (χ0) is 15.4. The van der Waals surface area contributed by atoms with E-state index in [0.717, 1.165) is 0 Å². The van der Waals surface area contributed by atoms with E-state index in [0.29, 0.717) is 28.0 Å². The Kier molecular flexibility index (Phi) is 5.47. The largest absolute Gasteiger partial charge is 0.399 e. The standard InChI is InChI=1S/C14H15Cl2N3OS/c1-19(7-10-3-2-4-21-10)8-13(20)18-14-11(15)5-9(17)6-12(14)16/h2-6H,7-8,17H2,1H3,(H,18,20). The molecule has 0 radical (unpaired) electrons. The number of likely N-dealkylation sites (N-methyl/N-ethyl adjacent to an activating group) is 1. The summed E-state index contributed by atoms with van der Waals surface area (Å²) in [6.45, 7) is 0.962. The van der Waals surface area contributed by atoms with E-state index in [1.165, 1.54) is 4.88 Å². The Morgan fingerprint density at radius 2 is 2.05 bits per heavy atom. The lowest BCUT2D eigenvalue weighted by Crippen LogP contribution is -2.29. The van der Waals surface area contributed by atoms with E-state index >= 15 is 0 Å². The molecule has 2 aromatic rings. The molecule has 1 heterocycles. The van der Waals surface area contributed by atoms with Crippen molar-refractivity contribution in [3.63, 3.8) is 0 Å². The van der Waals surface area contributed by atoms with E-state index in [1.54, 1.807) is 23.5 Å². The molecule has 0 bridgehead atoms. The van der Waals surface area contributed by atoms with Gasteiger partial charge in [0.25, 0.3) is 0 Å². The van der Waals surface area contributed by atoms with Crippen LogP contribution in [0.4, 0.5) is 11.4 Å².